The van der Waals surface area contributed by atoms with Crippen LogP contribution in [-0.4, -0.2) is 45.0 Å². The number of para-hydroxylation sites is 1. The summed E-state index contributed by atoms with van der Waals surface area (Å²) in [5.41, 5.74) is 0.626. The van der Waals surface area contributed by atoms with Gasteiger partial charge in [-0.1, -0.05) is 25.5 Å². The predicted molar refractivity (Wildman–Crippen MR) is 101 cm³/mol. The summed E-state index contributed by atoms with van der Waals surface area (Å²) < 4.78 is 17.0. The molecule has 1 amide bonds. The summed E-state index contributed by atoms with van der Waals surface area (Å²) in [6.07, 6.45) is 5.03. The first kappa shape index (κ1) is 19.2. The second-order valence-corrected chi connectivity index (χ2v) is 7.26. The fourth-order valence-electron chi connectivity index (χ4n) is 3.90. The molecule has 0 saturated carbocycles. The van der Waals surface area contributed by atoms with Gasteiger partial charge < -0.3 is 19.5 Å². The number of benzene rings is 1. The molecule has 144 valence electrons. The van der Waals surface area contributed by atoms with Crippen molar-refractivity contribution in [1.82, 2.24) is 5.32 Å². The summed E-state index contributed by atoms with van der Waals surface area (Å²) in [5, 5.41) is 3.27. The molecule has 26 heavy (non-hydrogen) atoms. The molecule has 2 heterocycles. The SMILES string of the molecule is CCCCOc1ccccc1C(=O)N[C@H]1CCOC[C@H]1C1CCOCC1. The average Bonchev–Trinajstić information content (AvgIpc) is 2.69. The van der Waals surface area contributed by atoms with Gasteiger partial charge >= 0.3 is 0 Å². The van der Waals surface area contributed by atoms with Gasteiger partial charge in [0, 0.05) is 31.8 Å². The van der Waals surface area contributed by atoms with Crippen LogP contribution in [0.3, 0.4) is 0 Å². The number of carbonyl (C=O) groups excluding carboxylic acids is 1. The smallest absolute Gasteiger partial charge is 0.255 e. The first-order chi connectivity index (χ1) is 12.8. The second-order valence-electron chi connectivity index (χ2n) is 7.26. The molecule has 3 rings (SSSR count). The molecule has 1 aromatic rings. The Morgan fingerprint density at radius 3 is 2.73 bits per heavy atom. The number of unbranched alkanes of at least 4 members (excludes halogenated alkanes) is 1. The highest BCUT2D eigenvalue weighted by Crippen LogP contribution is 2.31. The predicted octanol–water partition coefficient (Wildman–Crippen LogP) is 3.43. The van der Waals surface area contributed by atoms with E-state index >= 15 is 0 Å². The summed E-state index contributed by atoms with van der Waals surface area (Å²) in [6, 6.07) is 7.69. The minimum absolute atomic E-state index is 0.0407. The van der Waals surface area contributed by atoms with Crippen LogP contribution in [0.15, 0.2) is 24.3 Å². The highest BCUT2D eigenvalue weighted by molar-refractivity contribution is 5.97. The van der Waals surface area contributed by atoms with Crippen LogP contribution in [0.1, 0.15) is 49.4 Å². The van der Waals surface area contributed by atoms with Gasteiger partial charge in [-0.2, -0.15) is 0 Å². The quantitative estimate of drug-likeness (QED) is 0.756. The lowest BCUT2D eigenvalue weighted by Crippen LogP contribution is -2.49. The first-order valence-corrected chi connectivity index (χ1v) is 9.97. The lowest BCUT2D eigenvalue weighted by molar-refractivity contribution is -0.0259. The molecule has 5 heteroatoms. The van der Waals surface area contributed by atoms with E-state index in [1.54, 1.807) is 0 Å². The number of hydrogen-bond donors (Lipinski definition) is 1. The van der Waals surface area contributed by atoms with Crippen LogP contribution in [0.2, 0.25) is 0 Å². The maximum Gasteiger partial charge on any atom is 0.255 e. The number of amides is 1. The van der Waals surface area contributed by atoms with Crippen molar-refractivity contribution in [3.63, 3.8) is 0 Å². The Hall–Kier alpha value is -1.59. The van der Waals surface area contributed by atoms with Gasteiger partial charge in [-0.05, 0) is 43.7 Å². The van der Waals surface area contributed by atoms with Gasteiger partial charge in [0.1, 0.15) is 5.75 Å². The van der Waals surface area contributed by atoms with Crippen LogP contribution in [0.4, 0.5) is 0 Å². The third-order valence-corrected chi connectivity index (χ3v) is 5.48. The maximum absolute atomic E-state index is 12.9. The van der Waals surface area contributed by atoms with Gasteiger partial charge in [-0.15, -0.1) is 0 Å². The molecule has 0 bridgehead atoms. The van der Waals surface area contributed by atoms with E-state index in [1.165, 1.54) is 0 Å². The monoisotopic (exact) mass is 361 g/mol. The number of hydrogen-bond acceptors (Lipinski definition) is 4. The minimum atomic E-state index is -0.0407. The van der Waals surface area contributed by atoms with E-state index in [0.29, 0.717) is 36.4 Å². The number of rotatable bonds is 7. The fraction of sp³-hybridized carbons (Fsp3) is 0.667. The Morgan fingerprint density at radius 2 is 1.92 bits per heavy atom. The summed E-state index contributed by atoms with van der Waals surface area (Å²) in [6.45, 7) is 5.84. The van der Waals surface area contributed by atoms with E-state index in [2.05, 4.69) is 12.2 Å². The van der Waals surface area contributed by atoms with E-state index in [0.717, 1.165) is 51.9 Å². The molecule has 0 aromatic heterocycles. The van der Waals surface area contributed by atoms with Crippen LogP contribution in [-0.2, 0) is 9.47 Å². The first-order valence-electron chi connectivity index (χ1n) is 9.97. The van der Waals surface area contributed by atoms with Gasteiger partial charge in [0.2, 0.25) is 0 Å². The molecule has 0 spiro atoms. The molecule has 2 fully saturated rings. The molecule has 1 N–H and O–H groups in total. The van der Waals surface area contributed by atoms with E-state index in [4.69, 9.17) is 14.2 Å². The van der Waals surface area contributed by atoms with Crippen molar-refractivity contribution in [2.45, 2.75) is 45.1 Å². The van der Waals surface area contributed by atoms with Crippen molar-refractivity contribution in [2.24, 2.45) is 11.8 Å². The van der Waals surface area contributed by atoms with Crippen LogP contribution in [0.5, 0.6) is 5.75 Å². The number of nitrogens with one attached hydrogen (secondary N) is 1. The lowest BCUT2D eigenvalue weighted by atomic mass is 9.79. The second kappa shape index (κ2) is 9.93. The van der Waals surface area contributed by atoms with Crippen molar-refractivity contribution in [2.75, 3.05) is 33.0 Å². The standard InChI is InChI=1S/C21H31NO4/c1-2-3-11-26-20-7-5-4-6-17(20)21(23)22-19-10-14-25-15-18(19)16-8-12-24-13-9-16/h4-7,16,18-19H,2-3,8-15H2,1H3,(H,22,23)/t18-,19-/m0/s1. The van der Waals surface area contributed by atoms with Crippen LogP contribution in [0.25, 0.3) is 0 Å². The Kier molecular flexibility index (Phi) is 7.32. The van der Waals surface area contributed by atoms with E-state index in [-0.39, 0.29) is 11.9 Å². The molecule has 2 atom stereocenters. The lowest BCUT2D eigenvalue weighted by Gasteiger charge is -2.39. The Balaban J connectivity index is 1.65. The van der Waals surface area contributed by atoms with Gasteiger partial charge in [0.05, 0.1) is 18.8 Å². The minimum Gasteiger partial charge on any atom is -0.493 e. The van der Waals surface area contributed by atoms with Crippen LogP contribution in [0, 0.1) is 11.8 Å². The van der Waals surface area contributed by atoms with E-state index < -0.39 is 0 Å². The van der Waals surface area contributed by atoms with Crippen molar-refractivity contribution >= 4 is 5.91 Å². The number of carbonyl (C=O) groups is 1. The zero-order chi connectivity index (χ0) is 18.2. The maximum atomic E-state index is 12.9. The Labute approximate surface area is 156 Å². The van der Waals surface area contributed by atoms with Crippen LogP contribution < -0.4 is 10.1 Å². The summed E-state index contributed by atoms with van der Waals surface area (Å²) in [7, 11) is 0. The van der Waals surface area contributed by atoms with Crippen LogP contribution >= 0.6 is 0 Å². The van der Waals surface area contributed by atoms with Gasteiger partial charge in [0.25, 0.3) is 5.91 Å². The zero-order valence-corrected chi connectivity index (χ0v) is 15.7. The zero-order valence-electron chi connectivity index (χ0n) is 15.7. The largest absolute Gasteiger partial charge is 0.493 e. The van der Waals surface area contributed by atoms with Gasteiger partial charge in [-0.25, -0.2) is 0 Å². The topological polar surface area (TPSA) is 56.8 Å². The molecule has 0 radical (unpaired) electrons. The third-order valence-electron chi connectivity index (χ3n) is 5.48. The summed E-state index contributed by atoms with van der Waals surface area (Å²) in [4.78, 5) is 12.9. The molecule has 0 unspecified atom stereocenters. The average molecular weight is 361 g/mol. The van der Waals surface area contributed by atoms with E-state index in [1.807, 2.05) is 24.3 Å². The van der Waals surface area contributed by atoms with Crippen molar-refractivity contribution < 1.29 is 19.0 Å². The molecule has 2 saturated heterocycles. The molecule has 1 aromatic carbocycles. The number of ether oxygens (including phenoxy) is 3. The highest BCUT2D eigenvalue weighted by atomic mass is 16.5. The highest BCUT2D eigenvalue weighted by Gasteiger charge is 2.34. The Bertz CT molecular complexity index is 571. The molecule has 2 aliphatic heterocycles. The van der Waals surface area contributed by atoms with E-state index in [9.17, 15) is 4.79 Å². The summed E-state index contributed by atoms with van der Waals surface area (Å²) in [5.74, 6) is 1.56. The molecule has 0 aliphatic carbocycles. The molecule has 5 nitrogen and oxygen atoms in total. The fourth-order valence-corrected chi connectivity index (χ4v) is 3.90. The van der Waals surface area contributed by atoms with Crippen molar-refractivity contribution in [3.8, 4) is 5.75 Å². The van der Waals surface area contributed by atoms with Gasteiger partial charge in [-0.3, -0.25) is 4.79 Å². The molecular weight excluding hydrogens is 330 g/mol. The normalized spacial score (nSPS) is 24.2. The third kappa shape index (κ3) is 4.98. The molecule has 2 aliphatic rings. The van der Waals surface area contributed by atoms with Crippen molar-refractivity contribution in [1.29, 1.82) is 0 Å². The molecular formula is C21H31NO4. The Morgan fingerprint density at radius 1 is 1.15 bits per heavy atom. The summed E-state index contributed by atoms with van der Waals surface area (Å²) >= 11 is 0. The van der Waals surface area contributed by atoms with Gasteiger partial charge in [0.15, 0.2) is 0 Å². The van der Waals surface area contributed by atoms with Crippen molar-refractivity contribution in [3.05, 3.63) is 29.8 Å².